The molecule has 76 valence electrons. The topological polar surface area (TPSA) is 37.8 Å². The van der Waals surface area contributed by atoms with E-state index in [9.17, 15) is 0 Å². The molecule has 1 heterocycles. The fourth-order valence-corrected chi connectivity index (χ4v) is 1.84. The zero-order valence-electron chi connectivity index (χ0n) is 8.26. The largest absolute Gasteiger partial charge is 0.368 e. The van der Waals surface area contributed by atoms with Gasteiger partial charge in [0.25, 0.3) is 0 Å². The van der Waals surface area contributed by atoms with E-state index in [1.807, 2.05) is 0 Å². The van der Waals surface area contributed by atoms with Gasteiger partial charge in [0.1, 0.15) is 11.0 Å². The highest BCUT2D eigenvalue weighted by molar-refractivity contribution is 6.29. The number of hydrogen-bond acceptors (Lipinski definition) is 3. The second kappa shape index (κ2) is 3.73. The Kier molecular flexibility index (Phi) is 2.59. The predicted octanol–water partition coefficient (Wildman–Crippen LogP) is 2.73. The third-order valence-corrected chi connectivity index (χ3v) is 3.04. The molecule has 0 atom stereocenters. The number of aromatic nitrogens is 2. The summed E-state index contributed by atoms with van der Waals surface area (Å²) in [6, 6.07) is 0. The van der Waals surface area contributed by atoms with Crippen molar-refractivity contribution in [1.82, 2.24) is 9.97 Å². The summed E-state index contributed by atoms with van der Waals surface area (Å²) in [5, 5.41) is 3.71. The summed E-state index contributed by atoms with van der Waals surface area (Å²) in [5.41, 5.74) is 0.448. The van der Waals surface area contributed by atoms with Crippen molar-refractivity contribution in [1.29, 1.82) is 0 Å². The highest BCUT2D eigenvalue weighted by Crippen LogP contribution is 2.40. The molecule has 1 aromatic rings. The molecule has 1 aliphatic carbocycles. The van der Waals surface area contributed by atoms with Gasteiger partial charge in [0.15, 0.2) is 0 Å². The number of halogens is 1. The first-order chi connectivity index (χ1) is 6.68. The van der Waals surface area contributed by atoms with Crippen molar-refractivity contribution >= 4 is 17.4 Å². The van der Waals surface area contributed by atoms with Crippen LogP contribution < -0.4 is 5.32 Å². The van der Waals surface area contributed by atoms with Crippen LogP contribution in [-0.2, 0) is 0 Å². The third-order valence-electron chi connectivity index (χ3n) is 2.86. The normalized spacial score (nSPS) is 18.7. The van der Waals surface area contributed by atoms with Gasteiger partial charge < -0.3 is 5.32 Å². The lowest BCUT2D eigenvalue weighted by Gasteiger charge is -2.38. The summed E-state index contributed by atoms with van der Waals surface area (Å²) in [6.07, 6.45) is 7.19. The Morgan fingerprint density at radius 2 is 2.29 bits per heavy atom. The van der Waals surface area contributed by atoms with Crippen LogP contribution in [-0.4, -0.2) is 16.5 Å². The van der Waals surface area contributed by atoms with Gasteiger partial charge >= 0.3 is 0 Å². The summed E-state index contributed by atoms with van der Waals surface area (Å²) < 4.78 is 0. The van der Waals surface area contributed by atoms with E-state index in [0.717, 1.165) is 12.4 Å². The van der Waals surface area contributed by atoms with Crippen molar-refractivity contribution < 1.29 is 0 Å². The molecule has 0 amide bonds. The van der Waals surface area contributed by atoms with Gasteiger partial charge in [0.2, 0.25) is 0 Å². The number of hydrogen-bond donors (Lipinski definition) is 1. The predicted molar refractivity (Wildman–Crippen MR) is 57.5 cm³/mol. The maximum Gasteiger partial charge on any atom is 0.149 e. The molecular formula is C10H14ClN3. The van der Waals surface area contributed by atoms with Crippen molar-refractivity contribution in [3.05, 3.63) is 17.5 Å². The Balaban J connectivity index is 1.91. The number of anilines is 1. The molecule has 0 bridgehead atoms. The lowest BCUT2D eigenvalue weighted by Crippen LogP contribution is -2.33. The van der Waals surface area contributed by atoms with Gasteiger partial charge in [-0.2, -0.15) is 0 Å². The van der Waals surface area contributed by atoms with Crippen LogP contribution in [0.15, 0.2) is 12.4 Å². The average molecular weight is 212 g/mol. The number of nitrogens with zero attached hydrogens (tertiary/aromatic N) is 2. The van der Waals surface area contributed by atoms with Crippen molar-refractivity contribution in [2.45, 2.75) is 26.2 Å². The monoisotopic (exact) mass is 211 g/mol. The van der Waals surface area contributed by atoms with Gasteiger partial charge in [0.05, 0.1) is 12.4 Å². The van der Waals surface area contributed by atoms with Crippen molar-refractivity contribution in [2.75, 3.05) is 11.9 Å². The Morgan fingerprint density at radius 1 is 1.50 bits per heavy atom. The fraction of sp³-hybridized carbons (Fsp3) is 0.600. The molecule has 3 nitrogen and oxygen atoms in total. The van der Waals surface area contributed by atoms with Crippen LogP contribution in [0.5, 0.6) is 0 Å². The van der Waals surface area contributed by atoms with Gasteiger partial charge in [-0.25, -0.2) is 4.98 Å². The second-order valence-electron chi connectivity index (χ2n) is 4.24. The van der Waals surface area contributed by atoms with Crippen LogP contribution in [0.2, 0.25) is 5.15 Å². The van der Waals surface area contributed by atoms with E-state index in [1.165, 1.54) is 25.5 Å². The van der Waals surface area contributed by atoms with Crippen LogP contribution in [0.3, 0.4) is 0 Å². The molecule has 1 aromatic heterocycles. The quantitative estimate of drug-likeness (QED) is 0.836. The maximum atomic E-state index is 5.73. The summed E-state index contributed by atoms with van der Waals surface area (Å²) in [6.45, 7) is 3.25. The average Bonchev–Trinajstić information content (AvgIpc) is 2.12. The Labute approximate surface area is 88.9 Å². The SMILES string of the molecule is CC1(CNc2cncc(Cl)n2)CCC1. The molecular weight excluding hydrogens is 198 g/mol. The molecule has 1 fully saturated rings. The Hall–Kier alpha value is -0.830. The first kappa shape index (κ1) is 9.71. The van der Waals surface area contributed by atoms with Crippen LogP contribution in [0.25, 0.3) is 0 Å². The zero-order valence-corrected chi connectivity index (χ0v) is 9.01. The fourth-order valence-electron chi connectivity index (χ4n) is 1.69. The first-order valence-electron chi connectivity index (χ1n) is 4.89. The molecule has 0 unspecified atom stereocenters. The molecule has 0 radical (unpaired) electrons. The molecule has 0 saturated heterocycles. The molecule has 1 saturated carbocycles. The van der Waals surface area contributed by atoms with E-state index in [0.29, 0.717) is 10.6 Å². The van der Waals surface area contributed by atoms with Gasteiger partial charge in [0, 0.05) is 6.54 Å². The lowest BCUT2D eigenvalue weighted by atomic mass is 9.70. The van der Waals surface area contributed by atoms with E-state index in [4.69, 9.17) is 11.6 Å². The smallest absolute Gasteiger partial charge is 0.149 e. The van der Waals surface area contributed by atoms with Crippen LogP contribution >= 0.6 is 11.6 Å². The van der Waals surface area contributed by atoms with E-state index in [-0.39, 0.29) is 0 Å². The van der Waals surface area contributed by atoms with E-state index < -0.39 is 0 Å². The van der Waals surface area contributed by atoms with Gasteiger partial charge in [-0.1, -0.05) is 24.9 Å². The Bertz CT molecular complexity index is 323. The molecule has 1 N–H and O–H groups in total. The first-order valence-corrected chi connectivity index (χ1v) is 5.27. The van der Waals surface area contributed by atoms with Gasteiger partial charge in [-0.05, 0) is 18.3 Å². The molecule has 14 heavy (non-hydrogen) atoms. The summed E-state index contributed by atoms with van der Waals surface area (Å²) in [4.78, 5) is 8.10. The van der Waals surface area contributed by atoms with Crippen LogP contribution in [0, 0.1) is 5.41 Å². The summed E-state index contributed by atoms with van der Waals surface area (Å²) in [5.74, 6) is 0.769. The molecule has 1 aliphatic rings. The maximum absolute atomic E-state index is 5.73. The van der Waals surface area contributed by atoms with E-state index in [1.54, 1.807) is 6.20 Å². The van der Waals surface area contributed by atoms with E-state index >= 15 is 0 Å². The highest BCUT2D eigenvalue weighted by atomic mass is 35.5. The summed E-state index contributed by atoms with van der Waals surface area (Å²) in [7, 11) is 0. The van der Waals surface area contributed by atoms with Crippen molar-refractivity contribution in [3.63, 3.8) is 0 Å². The highest BCUT2D eigenvalue weighted by Gasteiger charge is 2.31. The minimum absolute atomic E-state index is 0.439. The minimum Gasteiger partial charge on any atom is -0.368 e. The van der Waals surface area contributed by atoms with Crippen LogP contribution in [0.4, 0.5) is 5.82 Å². The zero-order chi connectivity index (χ0) is 10.0. The van der Waals surface area contributed by atoms with Crippen molar-refractivity contribution in [3.8, 4) is 0 Å². The van der Waals surface area contributed by atoms with Gasteiger partial charge in [-0.15, -0.1) is 0 Å². The minimum atomic E-state index is 0.439. The van der Waals surface area contributed by atoms with Crippen molar-refractivity contribution in [2.24, 2.45) is 5.41 Å². The van der Waals surface area contributed by atoms with Crippen LogP contribution in [0.1, 0.15) is 26.2 Å². The second-order valence-corrected chi connectivity index (χ2v) is 4.63. The Morgan fingerprint density at radius 3 is 2.86 bits per heavy atom. The van der Waals surface area contributed by atoms with E-state index in [2.05, 4.69) is 22.2 Å². The number of nitrogens with one attached hydrogen (secondary N) is 1. The molecule has 0 aromatic carbocycles. The molecule has 2 rings (SSSR count). The lowest BCUT2D eigenvalue weighted by molar-refractivity contribution is 0.180. The molecule has 0 aliphatic heterocycles. The number of rotatable bonds is 3. The summed E-state index contributed by atoms with van der Waals surface area (Å²) >= 11 is 5.73. The standard InChI is InChI=1S/C10H14ClN3/c1-10(3-2-4-10)7-13-9-6-12-5-8(11)14-9/h5-6H,2-4,7H2,1H3,(H,13,14). The third kappa shape index (κ3) is 2.15. The molecule has 4 heteroatoms. The van der Waals surface area contributed by atoms with Gasteiger partial charge in [-0.3, -0.25) is 4.98 Å². The molecule has 0 spiro atoms.